The molecule has 1 aromatic rings. The molecular weight excluding hydrogens is 294 g/mol. The number of nitrogens with zero attached hydrogens (tertiary/aromatic N) is 2. The summed E-state index contributed by atoms with van der Waals surface area (Å²) in [5, 5.41) is 9.20. The molecule has 0 aromatic carbocycles. The number of aromatic nitrogens is 1. The van der Waals surface area contributed by atoms with Crippen LogP contribution in [0.2, 0.25) is 0 Å². The summed E-state index contributed by atoms with van der Waals surface area (Å²) in [5.41, 5.74) is -0.345. The maximum absolute atomic E-state index is 12.7. The first-order valence-electron chi connectivity index (χ1n) is 6.95. The van der Waals surface area contributed by atoms with Crippen LogP contribution in [0.4, 0.5) is 0 Å². The van der Waals surface area contributed by atoms with Gasteiger partial charge >= 0.3 is 0 Å². The zero-order valence-corrected chi connectivity index (χ0v) is 12.8. The first-order valence-corrected chi connectivity index (χ1v) is 8.39. The summed E-state index contributed by atoms with van der Waals surface area (Å²) < 4.78 is 26.7. The van der Waals surface area contributed by atoms with Gasteiger partial charge in [0.15, 0.2) is 0 Å². The van der Waals surface area contributed by atoms with Crippen molar-refractivity contribution in [3.8, 4) is 0 Å². The Balaban J connectivity index is 2.27. The molecule has 2 N–H and O–H groups in total. The summed E-state index contributed by atoms with van der Waals surface area (Å²) in [6, 6.07) is 2.37. The highest BCUT2D eigenvalue weighted by molar-refractivity contribution is 7.89. The first kappa shape index (κ1) is 16.2. The van der Waals surface area contributed by atoms with Crippen molar-refractivity contribution in [2.45, 2.75) is 23.8 Å². The molecule has 0 amide bonds. The Morgan fingerprint density at radius 1 is 1.38 bits per heavy atom. The number of hydrogen-bond donors (Lipinski definition) is 2. The third kappa shape index (κ3) is 3.70. The van der Waals surface area contributed by atoms with Crippen LogP contribution in [0.3, 0.4) is 0 Å². The Morgan fingerprint density at radius 3 is 2.57 bits per heavy atom. The van der Waals surface area contributed by atoms with Crippen LogP contribution in [0.5, 0.6) is 0 Å². The third-order valence-corrected chi connectivity index (χ3v) is 5.73. The Hall–Kier alpha value is -1.22. The molecule has 1 saturated heterocycles. The fraction of sp³-hybridized carbons (Fsp3) is 0.615. The average molecular weight is 315 g/mol. The van der Waals surface area contributed by atoms with E-state index in [1.54, 1.807) is 0 Å². The lowest BCUT2D eigenvalue weighted by molar-refractivity contribution is 0.161. The standard InChI is InChI=1S/C13H21N3O4S/c1-15-6-4-11(5-7-15)16(8-9-17)21(19,20)12-2-3-13(18)14-10-12/h2-3,10-11,17H,4-9H2,1H3,(H,14,18). The van der Waals surface area contributed by atoms with Gasteiger partial charge in [0.1, 0.15) is 0 Å². The van der Waals surface area contributed by atoms with E-state index in [2.05, 4.69) is 9.88 Å². The van der Waals surface area contributed by atoms with Crippen LogP contribution in [-0.4, -0.2) is 67.0 Å². The number of sulfonamides is 1. The van der Waals surface area contributed by atoms with Gasteiger partial charge in [-0.2, -0.15) is 4.31 Å². The maximum atomic E-state index is 12.7. The lowest BCUT2D eigenvalue weighted by Crippen LogP contribution is -2.47. The predicted molar refractivity (Wildman–Crippen MR) is 78.6 cm³/mol. The van der Waals surface area contributed by atoms with Gasteiger partial charge < -0.3 is 15.0 Å². The molecule has 2 rings (SSSR count). The summed E-state index contributed by atoms with van der Waals surface area (Å²) >= 11 is 0. The van der Waals surface area contributed by atoms with E-state index >= 15 is 0 Å². The van der Waals surface area contributed by atoms with Crippen molar-refractivity contribution in [1.29, 1.82) is 0 Å². The number of piperidine rings is 1. The number of aliphatic hydroxyl groups excluding tert-OH is 1. The second-order valence-corrected chi connectivity index (χ2v) is 7.15. The number of likely N-dealkylation sites (tertiary alicyclic amines) is 1. The maximum Gasteiger partial charge on any atom is 0.247 e. The molecule has 0 aliphatic carbocycles. The minimum atomic E-state index is -3.71. The fourth-order valence-corrected chi connectivity index (χ4v) is 4.22. The van der Waals surface area contributed by atoms with Gasteiger partial charge in [0, 0.05) is 24.8 Å². The Kier molecular flexibility index (Phi) is 5.15. The van der Waals surface area contributed by atoms with E-state index in [1.165, 1.54) is 22.6 Å². The normalized spacial score (nSPS) is 18.2. The van der Waals surface area contributed by atoms with Crippen molar-refractivity contribution in [2.75, 3.05) is 33.3 Å². The molecule has 0 unspecified atom stereocenters. The van der Waals surface area contributed by atoms with E-state index in [-0.39, 0.29) is 29.6 Å². The monoisotopic (exact) mass is 315 g/mol. The zero-order chi connectivity index (χ0) is 15.5. The predicted octanol–water partition coefficient (Wildman–Crippen LogP) is -0.548. The first-order chi connectivity index (χ1) is 9.95. The van der Waals surface area contributed by atoms with E-state index in [0.29, 0.717) is 0 Å². The molecule has 21 heavy (non-hydrogen) atoms. The number of H-pyrrole nitrogens is 1. The number of hydrogen-bond acceptors (Lipinski definition) is 5. The minimum Gasteiger partial charge on any atom is -0.395 e. The van der Waals surface area contributed by atoms with Crippen molar-refractivity contribution >= 4 is 10.0 Å². The van der Waals surface area contributed by atoms with Crippen molar-refractivity contribution in [3.05, 3.63) is 28.7 Å². The van der Waals surface area contributed by atoms with Crippen LogP contribution in [0.25, 0.3) is 0 Å². The molecule has 2 heterocycles. The zero-order valence-electron chi connectivity index (χ0n) is 12.0. The van der Waals surface area contributed by atoms with Crippen LogP contribution >= 0.6 is 0 Å². The molecule has 0 atom stereocenters. The summed E-state index contributed by atoms with van der Waals surface area (Å²) in [6.45, 7) is 1.49. The highest BCUT2D eigenvalue weighted by Gasteiger charge is 2.32. The highest BCUT2D eigenvalue weighted by atomic mass is 32.2. The summed E-state index contributed by atoms with van der Waals surface area (Å²) in [5.74, 6) is 0. The molecular formula is C13H21N3O4S. The van der Waals surface area contributed by atoms with E-state index in [0.717, 1.165) is 25.9 Å². The van der Waals surface area contributed by atoms with Crippen molar-refractivity contribution < 1.29 is 13.5 Å². The Morgan fingerprint density at radius 2 is 2.05 bits per heavy atom. The lowest BCUT2D eigenvalue weighted by Gasteiger charge is -2.36. The largest absolute Gasteiger partial charge is 0.395 e. The lowest BCUT2D eigenvalue weighted by atomic mass is 10.1. The fourth-order valence-electron chi connectivity index (χ4n) is 2.57. The molecule has 1 aliphatic heterocycles. The number of nitrogens with one attached hydrogen (secondary N) is 1. The van der Waals surface area contributed by atoms with Gasteiger partial charge in [-0.3, -0.25) is 4.79 Å². The number of pyridine rings is 1. The molecule has 1 aromatic heterocycles. The van der Waals surface area contributed by atoms with Gasteiger partial charge in [0.05, 0.1) is 11.5 Å². The number of aliphatic hydroxyl groups is 1. The van der Waals surface area contributed by atoms with Gasteiger partial charge in [-0.05, 0) is 39.0 Å². The number of aromatic amines is 1. The van der Waals surface area contributed by atoms with Gasteiger partial charge in [0.2, 0.25) is 15.6 Å². The molecule has 0 spiro atoms. The molecule has 0 bridgehead atoms. The smallest absolute Gasteiger partial charge is 0.247 e. The summed E-state index contributed by atoms with van der Waals surface area (Å²) in [4.78, 5) is 15.7. The molecule has 1 fully saturated rings. The van der Waals surface area contributed by atoms with Crippen LogP contribution in [-0.2, 0) is 10.0 Å². The van der Waals surface area contributed by atoms with Gasteiger partial charge in [-0.15, -0.1) is 0 Å². The Bertz CT molecular complexity index is 600. The van der Waals surface area contributed by atoms with Gasteiger partial charge in [-0.25, -0.2) is 8.42 Å². The topological polar surface area (TPSA) is 93.7 Å². The van der Waals surface area contributed by atoms with Crippen LogP contribution < -0.4 is 5.56 Å². The minimum absolute atomic E-state index is 0.0504. The van der Waals surface area contributed by atoms with Crippen LogP contribution in [0, 0.1) is 0 Å². The number of rotatable bonds is 5. The quantitative estimate of drug-likeness (QED) is 0.760. The van der Waals surface area contributed by atoms with Gasteiger partial charge in [-0.1, -0.05) is 0 Å². The van der Waals surface area contributed by atoms with Crippen molar-refractivity contribution in [2.24, 2.45) is 0 Å². The van der Waals surface area contributed by atoms with E-state index < -0.39 is 10.0 Å². The van der Waals surface area contributed by atoms with E-state index in [1.807, 2.05) is 7.05 Å². The molecule has 8 heteroatoms. The van der Waals surface area contributed by atoms with E-state index in [4.69, 9.17) is 0 Å². The summed E-state index contributed by atoms with van der Waals surface area (Å²) in [6.07, 6.45) is 2.68. The SMILES string of the molecule is CN1CCC(N(CCO)S(=O)(=O)c2ccc(=O)[nH]c2)CC1. The molecule has 118 valence electrons. The van der Waals surface area contributed by atoms with Gasteiger partial charge in [0.25, 0.3) is 0 Å². The molecule has 0 radical (unpaired) electrons. The van der Waals surface area contributed by atoms with Crippen molar-refractivity contribution in [3.63, 3.8) is 0 Å². The Labute approximate surface area is 124 Å². The second-order valence-electron chi connectivity index (χ2n) is 5.26. The third-order valence-electron chi connectivity index (χ3n) is 3.78. The van der Waals surface area contributed by atoms with Crippen LogP contribution in [0.15, 0.2) is 28.0 Å². The summed E-state index contributed by atoms with van der Waals surface area (Å²) in [7, 11) is -1.71. The molecule has 0 saturated carbocycles. The molecule has 1 aliphatic rings. The van der Waals surface area contributed by atoms with E-state index in [9.17, 15) is 18.3 Å². The van der Waals surface area contributed by atoms with Crippen molar-refractivity contribution in [1.82, 2.24) is 14.2 Å². The molecule has 7 nitrogen and oxygen atoms in total. The van der Waals surface area contributed by atoms with Crippen LogP contribution in [0.1, 0.15) is 12.8 Å². The average Bonchev–Trinajstić information content (AvgIpc) is 2.46. The highest BCUT2D eigenvalue weighted by Crippen LogP contribution is 2.22. The second kappa shape index (κ2) is 6.69.